The van der Waals surface area contributed by atoms with Crippen LogP contribution >= 0.6 is 0 Å². The van der Waals surface area contributed by atoms with Crippen LogP contribution in [0.4, 0.5) is 0 Å². The quantitative estimate of drug-likeness (QED) is 0.692. The molecule has 0 aliphatic heterocycles. The van der Waals surface area contributed by atoms with E-state index in [1.807, 2.05) is 0 Å². The van der Waals surface area contributed by atoms with Crippen molar-refractivity contribution >= 4 is 0 Å². The lowest BCUT2D eigenvalue weighted by Crippen LogP contribution is -2.36. The summed E-state index contributed by atoms with van der Waals surface area (Å²) >= 11 is 0. The van der Waals surface area contributed by atoms with E-state index >= 15 is 0 Å². The number of fused-ring (bicyclic) bond motifs is 2. The third-order valence-electron chi connectivity index (χ3n) is 4.86. The van der Waals surface area contributed by atoms with Gasteiger partial charge in [0.1, 0.15) is 0 Å². The largest absolute Gasteiger partial charge is 0.393 e. The SMILES string of the molecule is OC(C1CCC1)C1CC2CCC1C2. The zero-order valence-electron chi connectivity index (χ0n) is 8.28. The van der Waals surface area contributed by atoms with E-state index in [0.29, 0.717) is 11.8 Å². The molecule has 0 aromatic carbocycles. The van der Waals surface area contributed by atoms with E-state index in [1.165, 1.54) is 44.9 Å². The van der Waals surface area contributed by atoms with Crippen LogP contribution in [0.25, 0.3) is 0 Å². The summed E-state index contributed by atoms with van der Waals surface area (Å²) < 4.78 is 0. The molecule has 3 saturated carbocycles. The smallest absolute Gasteiger partial charge is 0.0599 e. The van der Waals surface area contributed by atoms with E-state index in [9.17, 15) is 5.11 Å². The number of hydrogen-bond donors (Lipinski definition) is 1. The second kappa shape index (κ2) is 2.98. The Bertz CT molecular complexity index is 197. The highest BCUT2D eigenvalue weighted by atomic mass is 16.3. The molecule has 3 aliphatic rings. The van der Waals surface area contributed by atoms with Crippen LogP contribution in [0.2, 0.25) is 0 Å². The highest BCUT2D eigenvalue weighted by molar-refractivity contribution is 4.95. The van der Waals surface area contributed by atoms with Gasteiger partial charge in [0, 0.05) is 0 Å². The van der Waals surface area contributed by atoms with Crippen LogP contribution in [0, 0.1) is 23.7 Å². The van der Waals surface area contributed by atoms with Gasteiger partial charge >= 0.3 is 0 Å². The van der Waals surface area contributed by atoms with Crippen LogP contribution in [0.3, 0.4) is 0 Å². The summed E-state index contributed by atoms with van der Waals surface area (Å²) in [5.41, 5.74) is 0. The predicted molar refractivity (Wildman–Crippen MR) is 52.3 cm³/mol. The zero-order valence-corrected chi connectivity index (χ0v) is 8.28. The van der Waals surface area contributed by atoms with Gasteiger partial charge in [-0.1, -0.05) is 12.8 Å². The van der Waals surface area contributed by atoms with Gasteiger partial charge in [0.2, 0.25) is 0 Å². The Morgan fingerprint density at radius 1 is 1.00 bits per heavy atom. The molecule has 0 amide bonds. The van der Waals surface area contributed by atoms with Gasteiger partial charge in [-0.25, -0.2) is 0 Å². The molecule has 0 aromatic heterocycles. The summed E-state index contributed by atoms with van der Waals surface area (Å²) in [7, 11) is 0. The van der Waals surface area contributed by atoms with Gasteiger partial charge in [0.25, 0.3) is 0 Å². The van der Waals surface area contributed by atoms with Crippen LogP contribution < -0.4 is 0 Å². The van der Waals surface area contributed by atoms with Gasteiger partial charge in [-0.05, 0) is 55.8 Å². The third kappa shape index (κ3) is 1.24. The molecule has 3 rings (SSSR count). The first-order valence-electron chi connectivity index (χ1n) is 6.02. The van der Waals surface area contributed by atoms with Crippen molar-refractivity contribution in [3.63, 3.8) is 0 Å². The summed E-state index contributed by atoms with van der Waals surface area (Å²) in [6.45, 7) is 0. The Balaban J connectivity index is 1.65. The topological polar surface area (TPSA) is 20.2 Å². The van der Waals surface area contributed by atoms with Gasteiger partial charge in [0.05, 0.1) is 6.10 Å². The van der Waals surface area contributed by atoms with Crippen molar-refractivity contribution in [1.82, 2.24) is 0 Å². The number of hydrogen-bond acceptors (Lipinski definition) is 1. The van der Waals surface area contributed by atoms with E-state index in [-0.39, 0.29) is 6.10 Å². The molecule has 0 aromatic rings. The maximum Gasteiger partial charge on any atom is 0.0599 e. The number of rotatable bonds is 2. The average Bonchev–Trinajstić information content (AvgIpc) is 2.59. The fourth-order valence-corrected chi connectivity index (χ4v) is 3.84. The van der Waals surface area contributed by atoms with Gasteiger partial charge in [0.15, 0.2) is 0 Å². The second-order valence-corrected chi connectivity index (χ2v) is 5.52. The van der Waals surface area contributed by atoms with Gasteiger partial charge in [-0.15, -0.1) is 0 Å². The molecule has 4 unspecified atom stereocenters. The molecule has 0 heterocycles. The first kappa shape index (κ1) is 8.28. The first-order valence-corrected chi connectivity index (χ1v) is 6.02. The van der Waals surface area contributed by atoms with Crippen LogP contribution in [0.15, 0.2) is 0 Å². The fraction of sp³-hybridized carbons (Fsp3) is 1.00. The molecule has 74 valence electrons. The van der Waals surface area contributed by atoms with Crippen molar-refractivity contribution in [2.75, 3.05) is 0 Å². The molecule has 13 heavy (non-hydrogen) atoms. The Morgan fingerprint density at radius 3 is 2.31 bits per heavy atom. The van der Waals surface area contributed by atoms with Crippen LogP contribution in [-0.2, 0) is 0 Å². The molecule has 3 fully saturated rings. The van der Waals surface area contributed by atoms with E-state index < -0.39 is 0 Å². The maximum absolute atomic E-state index is 10.2. The fourth-order valence-electron chi connectivity index (χ4n) is 3.84. The van der Waals surface area contributed by atoms with E-state index in [0.717, 1.165) is 11.8 Å². The van der Waals surface area contributed by atoms with Crippen molar-refractivity contribution < 1.29 is 5.11 Å². The maximum atomic E-state index is 10.2. The van der Waals surface area contributed by atoms with Crippen molar-refractivity contribution in [1.29, 1.82) is 0 Å². The minimum Gasteiger partial charge on any atom is -0.393 e. The molecule has 0 saturated heterocycles. The Hall–Kier alpha value is -0.0400. The van der Waals surface area contributed by atoms with Crippen LogP contribution in [0.5, 0.6) is 0 Å². The molecule has 1 N–H and O–H groups in total. The average molecular weight is 180 g/mol. The van der Waals surface area contributed by atoms with Crippen molar-refractivity contribution in [3.8, 4) is 0 Å². The Labute approximate surface area is 80.5 Å². The van der Waals surface area contributed by atoms with Crippen molar-refractivity contribution in [2.24, 2.45) is 23.7 Å². The minimum atomic E-state index is 0.0732. The standard InChI is InChI=1S/C12H20O/c13-12(9-2-1-3-9)11-7-8-4-5-10(11)6-8/h8-13H,1-7H2. The molecule has 0 spiro atoms. The van der Waals surface area contributed by atoms with Crippen molar-refractivity contribution in [2.45, 2.75) is 51.0 Å². The van der Waals surface area contributed by atoms with Gasteiger partial charge in [-0.3, -0.25) is 0 Å². The monoisotopic (exact) mass is 180 g/mol. The van der Waals surface area contributed by atoms with E-state index in [1.54, 1.807) is 0 Å². The van der Waals surface area contributed by atoms with Gasteiger partial charge < -0.3 is 5.11 Å². The number of aliphatic hydroxyl groups is 1. The summed E-state index contributed by atoms with van der Waals surface area (Å²) in [4.78, 5) is 0. The third-order valence-corrected chi connectivity index (χ3v) is 4.86. The highest BCUT2D eigenvalue weighted by Crippen LogP contribution is 2.51. The minimum absolute atomic E-state index is 0.0732. The highest BCUT2D eigenvalue weighted by Gasteiger charge is 2.45. The summed E-state index contributed by atoms with van der Waals surface area (Å²) in [6.07, 6.45) is 9.70. The van der Waals surface area contributed by atoms with Gasteiger partial charge in [-0.2, -0.15) is 0 Å². The normalized spacial score (nSPS) is 46.4. The summed E-state index contributed by atoms with van der Waals surface area (Å²) in [5.74, 6) is 3.28. The second-order valence-electron chi connectivity index (χ2n) is 5.52. The summed E-state index contributed by atoms with van der Waals surface area (Å²) in [5, 5.41) is 10.2. The van der Waals surface area contributed by atoms with Crippen molar-refractivity contribution in [3.05, 3.63) is 0 Å². The molecule has 1 nitrogen and oxygen atoms in total. The molecule has 3 aliphatic carbocycles. The Kier molecular flexibility index (Phi) is 1.90. The Morgan fingerprint density at radius 2 is 1.85 bits per heavy atom. The zero-order chi connectivity index (χ0) is 8.84. The van der Waals surface area contributed by atoms with E-state index in [4.69, 9.17) is 0 Å². The first-order chi connectivity index (χ1) is 6.34. The molecular weight excluding hydrogens is 160 g/mol. The number of aliphatic hydroxyl groups excluding tert-OH is 1. The van der Waals surface area contributed by atoms with E-state index in [2.05, 4.69) is 0 Å². The predicted octanol–water partition coefficient (Wildman–Crippen LogP) is 2.58. The molecule has 4 atom stereocenters. The molecule has 1 heteroatoms. The lowest BCUT2D eigenvalue weighted by Gasteiger charge is -2.37. The molecule has 0 radical (unpaired) electrons. The lowest BCUT2D eigenvalue weighted by molar-refractivity contribution is -0.00509. The summed E-state index contributed by atoms with van der Waals surface area (Å²) in [6, 6.07) is 0. The van der Waals surface area contributed by atoms with Crippen LogP contribution in [0.1, 0.15) is 44.9 Å². The lowest BCUT2D eigenvalue weighted by atomic mass is 9.72. The molecular formula is C12H20O. The molecule has 2 bridgehead atoms. The van der Waals surface area contributed by atoms with Crippen LogP contribution in [-0.4, -0.2) is 11.2 Å².